The van der Waals surface area contributed by atoms with Crippen molar-refractivity contribution in [3.63, 3.8) is 0 Å². The first-order valence-corrected chi connectivity index (χ1v) is 7.35. The molecule has 7 heteroatoms. The molecule has 0 atom stereocenters. The summed E-state index contributed by atoms with van der Waals surface area (Å²) < 4.78 is 5.44. The van der Waals surface area contributed by atoms with Crippen LogP contribution in [0.2, 0.25) is 5.02 Å². The molecular formula is C15H17ClN4O2. The SMILES string of the molecule is COc1cc2c(cc1Nc1ncc(Cl)c(=O)[nH]1)CN(C)CC2. The van der Waals surface area contributed by atoms with Gasteiger partial charge in [-0.25, -0.2) is 4.98 Å². The predicted molar refractivity (Wildman–Crippen MR) is 86.2 cm³/mol. The van der Waals surface area contributed by atoms with Gasteiger partial charge >= 0.3 is 0 Å². The van der Waals surface area contributed by atoms with Crippen LogP contribution in [-0.2, 0) is 13.0 Å². The van der Waals surface area contributed by atoms with Crippen molar-refractivity contribution >= 4 is 23.2 Å². The molecule has 0 aliphatic carbocycles. The van der Waals surface area contributed by atoms with E-state index in [1.165, 1.54) is 17.3 Å². The molecule has 3 rings (SSSR count). The quantitative estimate of drug-likeness (QED) is 0.907. The van der Waals surface area contributed by atoms with Crippen LogP contribution in [0.5, 0.6) is 5.75 Å². The maximum atomic E-state index is 11.6. The molecule has 116 valence electrons. The Morgan fingerprint density at radius 1 is 1.41 bits per heavy atom. The van der Waals surface area contributed by atoms with E-state index in [4.69, 9.17) is 16.3 Å². The van der Waals surface area contributed by atoms with Crippen LogP contribution < -0.4 is 15.6 Å². The number of aromatic nitrogens is 2. The highest BCUT2D eigenvalue weighted by atomic mass is 35.5. The van der Waals surface area contributed by atoms with Crippen molar-refractivity contribution in [2.24, 2.45) is 0 Å². The number of H-pyrrole nitrogens is 1. The van der Waals surface area contributed by atoms with E-state index in [1.807, 2.05) is 12.1 Å². The van der Waals surface area contributed by atoms with E-state index in [2.05, 4.69) is 27.2 Å². The molecule has 0 unspecified atom stereocenters. The average Bonchev–Trinajstić information content (AvgIpc) is 2.50. The van der Waals surface area contributed by atoms with Crippen LogP contribution >= 0.6 is 11.6 Å². The summed E-state index contributed by atoms with van der Waals surface area (Å²) in [6.45, 7) is 1.92. The third-order valence-electron chi connectivity index (χ3n) is 3.73. The zero-order valence-corrected chi connectivity index (χ0v) is 13.2. The van der Waals surface area contributed by atoms with Crippen molar-refractivity contribution in [2.45, 2.75) is 13.0 Å². The third-order valence-corrected chi connectivity index (χ3v) is 4.00. The van der Waals surface area contributed by atoms with Crippen LogP contribution in [0.1, 0.15) is 11.1 Å². The number of hydrogen-bond acceptors (Lipinski definition) is 5. The Hall–Kier alpha value is -2.05. The molecule has 0 spiro atoms. The van der Waals surface area contributed by atoms with Gasteiger partial charge in [-0.3, -0.25) is 9.78 Å². The average molecular weight is 321 g/mol. The molecule has 0 amide bonds. The van der Waals surface area contributed by atoms with Gasteiger partial charge in [-0.05, 0) is 36.7 Å². The maximum absolute atomic E-state index is 11.6. The molecule has 0 saturated heterocycles. The summed E-state index contributed by atoms with van der Waals surface area (Å²) in [5, 5.41) is 3.15. The molecule has 6 nitrogen and oxygen atoms in total. The number of nitrogens with zero attached hydrogens (tertiary/aromatic N) is 2. The predicted octanol–water partition coefficient (Wildman–Crippen LogP) is 2.16. The summed E-state index contributed by atoms with van der Waals surface area (Å²) in [4.78, 5) is 20.5. The molecule has 2 N–H and O–H groups in total. The second-order valence-corrected chi connectivity index (χ2v) is 5.75. The minimum absolute atomic E-state index is 0.0598. The van der Waals surface area contributed by atoms with E-state index in [0.717, 1.165) is 30.9 Å². The first kappa shape index (κ1) is 14.9. The highest BCUT2D eigenvalue weighted by Gasteiger charge is 2.17. The normalized spacial score (nSPS) is 14.5. The standard InChI is InChI=1S/C15H17ClN4O2/c1-20-4-3-9-6-13(22-2)12(5-10(9)8-20)18-15-17-7-11(16)14(21)19-15/h5-7H,3-4,8H2,1-2H3,(H2,17,18,19,21). The summed E-state index contributed by atoms with van der Waals surface area (Å²) in [7, 11) is 3.72. The van der Waals surface area contributed by atoms with E-state index in [1.54, 1.807) is 7.11 Å². The van der Waals surface area contributed by atoms with Crippen LogP contribution in [-0.4, -0.2) is 35.6 Å². The van der Waals surface area contributed by atoms with Gasteiger partial charge in [-0.15, -0.1) is 0 Å². The Kier molecular flexibility index (Phi) is 4.04. The molecule has 0 bridgehead atoms. The zero-order valence-electron chi connectivity index (χ0n) is 12.4. The van der Waals surface area contributed by atoms with Crippen LogP contribution in [0.25, 0.3) is 0 Å². The third kappa shape index (κ3) is 2.93. The molecule has 2 heterocycles. The minimum Gasteiger partial charge on any atom is -0.495 e. The molecule has 2 aromatic rings. The number of anilines is 2. The Bertz CT molecular complexity index is 760. The number of fused-ring (bicyclic) bond motifs is 1. The molecule has 0 saturated carbocycles. The van der Waals surface area contributed by atoms with Crippen molar-refractivity contribution in [1.29, 1.82) is 0 Å². The largest absolute Gasteiger partial charge is 0.495 e. The number of nitrogens with one attached hydrogen (secondary N) is 2. The second kappa shape index (κ2) is 5.98. The van der Waals surface area contributed by atoms with Gasteiger partial charge in [0.25, 0.3) is 5.56 Å². The number of methoxy groups -OCH3 is 1. The lowest BCUT2D eigenvalue weighted by Crippen LogP contribution is -2.26. The lowest BCUT2D eigenvalue weighted by atomic mass is 9.99. The van der Waals surface area contributed by atoms with Crippen molar-refractivity contribution in [3.8, 4) is 5.75 Å². The molecule has 1 aliphatic rings. The molecule has 0 fully saturated rings. The number of ether oxygens (including phenoxy) is 1. The fraction of sp³-hybridized carbons (Fsp3) is 0.333. The van der Waals surface area contributed by atoms with Gasteiger partial charge in [0, 0.05) is 13.1 Å². The van der Waals surface area contributed by atoms with Crippen molar-refractivity contribution in [3.05, 3.63) is 44.8 Å². The second-order valence-electron chi connectivity index (χ2n) is 5.34. The van der Waals surface area contributed by atoms with E-state index in [-0.39, 0.29) is 10.6 Å². The number of hydrogen-bond donors (Lipinski definition) is 2. The summed E-state index contributed by atoms with van der Waals surface area (Å²) in [5.74, 6) is 1.05. The van der Waals surface area contributed by atoms with Crippen molar-refractivity contribution in [2.75, 3.05) is 26.0 Å². The monoisotopic (exact) mass is 320 g/mol. The van der Waals surface area contributed by atoms with Crippen LogP contribution in [0.15, 0.2) is 23.1 Å². The Morgan fingerprint density at radius 3 is 2.95 bits per heavy atom. The molecule has 1 aliphatic heterocycles. The summed E-state index contributed by atoms with van der Waals surface area (Å²) in [6.07, 6.45) is 2.32. The highest BCUT2D eigenvalue weighted by molar-refractivity contribution is 6.30. The van der Waals surface area contributed by atoms with Crippen LogP contribution in [0.4, 0.5) is 11.6 Å². The fourth-order valence-corrected chi connectivity index (χ4v) is 2.66. The minimum atomic E-state index is -0.379. The lowest BCUT2D eigenvalue weighted by Gasteiger charge is -2.26. The maximum Gasteiger partial charge on any atom is 0.271 e. The van der Waals surface area contributed by atoms with Gasteiger partial charge in [0.1, 0.15) is 10.8 Å². The van der Waals surface area contributed by atoms with Gasteiger partial charge in [0.05, 0.1) is 19.0 Å². The van der Waals surface area contributed by atoms with E-state index < -0.39 is 0 Å². The number of halogens is 1. The van der Waals surface area contributed by atoms with Gasteiger partial charge in [-0.1, -0.05) is 11.6 Å². The van der Waals surface area contributed by atoms with Gasteiger partial charge < -0.3 is 15.0 Å². The van der Waals surface area contributed by atoms with E-state index >= 15 is 0 Å². The van der Waals surface area contributed by atoms with E-state index in [0.29, 0.717) is 5.95 Å². The smallest absolute Gasteiger partial charge is 0.271 e. The van der Waals surface area contributed by atoms with Gasteiger partial charge in [0.15, 0.2) is 0 Å². The van der Waals surface area contributed by atoms with Crippen molar-refractivity contribution in [1.82, 2.24) is 14.9 Å². The number of rotatable bonds is 3. The first-order valence-electron chi connectivity index (χ1n) is 6.97. The van der Waals surface area contributed by atoms with Gasteiger partial charge in [-0.2, -0.15) is 0 Å². The number of aromatic amines is 1. The van der Waals surface area contributed by atoms with E-state index in [9.17, 15) is 4.79 Å². The van der Waals surface area contributed by atoms with Crippen molar-refractivity contribution < 1.29 is 4.74 Å². The van der Waals surface area contributed by atoms with Crippen LogP contribution in [0, 0.1) is 0 Å². The molecule has 22 heavy (non-hydrogen) atoms. The lowest BCUT2D eigenvalue weighted by molar-refractivity contribution is 0.312. The number of likely N-dealkylation sites (N-methyl/N-ethyl adjacent to an activating group) is 1. The van der Waals surface area contributed by atoms with Crippen LogP contribution in [0.3, 0.4) is 0 Å². The Morgan fingerprint density at radius 2 is 2.23 bits per heavy atom. The molecule has 0 radical (unpaired) electrons. The first-order chi connectivity index (χ1) is 10.6. The summed E-state index contributed by atoms with van der Waals surface area (Å²) >= 11 is 5.69. The molecule has 1 aromatic heterocycles. The molecular weight excluding hydrogens is 304 g/mol. The Labute approximate surface area is 133 Å². The molecule has 1 aromatic carbocycles. The zero-order chi connectivity index (χ0) is 15.7. The number of benzene rings is 1. The summed E-state index contributed by atoms with van der Waals surface area (Å²) in [5.41, 5.74) is 2.92. The Balaban J connectivity index is 1.96. The fourth-order valence-electron chi connectivity index (χ4n) is 2.56. The summed E-state index contributed by atoms with van der Waals surface area (Å²) in [6, 6.07) is 4.08. The topological polar surface area (TPSA) is 70.2 Å². The highest BCUT2D eigenvalue weighted by Crippen LogP contribution is 2.32. The van der Waals surface area contributed by atoms with Gasteiger partial charge in [0.2, 0.25) is 5.95 Å².